The van der Waals surface area contributed by atoms with Crippen molar-refractivity contribution in [3.63, 3.8) is 0 Å². The Morgan fingerprint density at radius 1 is 1.13 bits per heavy atom. The number of nitrogens with two attached hydrogens (primary N) is 1. The quantitative estimate of drug-likeness (QED) is 0.706. The molecule has 1 aromatic heterocycles. The Bertz CT molecular complexity index is 351. The third-order valence-corrected chi connectivity index (χ3v) is 3.12. The smallest absolute Gasteiger partial charge is 0.153 e. The molecule has 0 aromatic carbocycles. The maximum atomic E-state index is 6.07. The van der Waals surface area contributed by atoms with E-state index in [2.05, 4.69) is 4.98 Å². The van der Waals surface area contributed by atoms with Crippen molar-refractivity contribution in [1.82, 2.24) is 4.98 Å². The highest BCUT2D eigenvalue weighted by Crippen LogP contribution is 2.34. The first-order valence-corrected chi connectivity index (χ1v) is 6.08. The summed E-state index contributed by atoms with van der Waals surface area (Å²) in [4.78, 5) is 4.23. The molecule has 1 heterocycles. The van der Waals surface area contributed by atoms with Crippen LogP contribution < -0.4 is 5.73 Å². The molecule has 2 nitrogen and oxygen atoms in total. The number of hydrogen-bond donors (Lipinski definition) is 1. The molecular formula is C11H16Cl2N2. The van der Waals surface area contributed by atoms with Crippen LogP contribution in [-0.4, -0.2) is 4.98 Å². The molecule has 0 bridgehead atoms. The van der Waals surface area contributed by atoms with Crippen LogP contribution in [0.2, 0.25) is 10.2 Å². The summed E-state index contributed by atoms with van der Waals surface area (Å²) >= 11 is 11.9. The fraction of sp³-hybridized carbons (Fsp3) is 0.545. The van der Waals surface area contributed by atoms with Crippen LogP contribution in [0.1, 0.15) is 37.9 Å². The molecule has 0 saturated heterocycles. The van der Waals surface area contributed by atoms with Gasteiger partial charge >= 0.3 is 0 Å². The summed E-state index contributed by atoms with van der Waals surface area (Å²) in [5.74, 6) is 0. The Labute approximate surface area is 101 Å². The predicted octanol–water partition coefficient (Wildman–Crippen LogP) is 3.88. The normalized spacial score (nSPS) is 13.9. The number of rotatable bonds is 0. The van der Waals surface area contributed by atoms with E-state index in [-0.39, 0.29) is 0 Å². The molecule has 1 aliphatic carbocycles. The van der Waals surface area contributed by atoms with E-state index in [1.54, 1.807) is 0 Å². The van der Waals surface area contributed by atoms with Crippen molar-refractivity contribution in [3.05, 3.63) is 21.4 Å². The number of aromatic nitrogens is 1. The molecule has 0 amide bonds. The summed E-state index contributed by atoms with van der Waals surface area (Å²) in [5, 5.41) is 0.945. The van der Waals surface area contributed by atoms with E-state index in [1.165, 1.54) is 0 Å². The topological polar surface area (TPSA) is 38.9 Å². The van der Waals surface area contributed by atoms with Crippen molar-refractivity contribution in [1.29, 1.82) is 0 Å². The van der Waals surface area contributed by atoms with E-state index < -0.39 is 0 Å². The van der Waals surface area contributed by atoms with Crippen LogP contribution >= 0.6 is 23.2 Å². The SMILES string of the molecule is CC.Nc1c(Cl)nc2c(c1Cl)CCCC2. The molecule has 0 spiro atoms. The Morgan fingerprint density at radius 3 is 2.40 bits per heavy atom. The molecule has 0 atom stereocenters. The van der Waals surface area contributed by atoms with E-state index in [9.17, 15) is 0 Å². The number of fused-ring (bicyclic) bond motifs is 1. The standard InChI is InChI=1S/C9H10Cl2N2.C2H6/c10-7-5-3-1-2-4-6(5)13-9(11)8(7)12;1-2/h1-4,12H2;1-2H3. The zero-order chi connectivity index (χ0) is 11.4. The van der Waals surface area contributed by atoms with Gasteiger partial charge in [0.1, 0.15) is 0 Å². The molecule has 4 heteroatoms. The van der Waals surface area contributed by atoms with Crippen molar-refractivity contribution >= 4 is 28.9 Å². The lowest BCUT2D eigenvalue weighted by Crippen LogP contribution is -2.08. The van der Waals surface area contributed by atoms with Crippen LogP contribution in [0.5, 0.6) is 0 Å². The van der Waals surface area contributed by atoms with Gasteiger partial charge in [-0.1, -0.05) is 37.0 Å². The van der Waals surface area contributed by atoms with Crippen LogP contribution in [0.3, 0.4) is 0 Å². The van der Waals surface area contributed by atoms with Gasteiger partial charge in [0.15, 0.2) is 5.15 Å². The Hall–Kier alpha value is -0.470. The molecule has 0 unspecified atom stereocenters. The molecule has 15 heavy (non-hydrogen) atoms. The lowest BCUT2D eigenvalue weighted by molar-refractivity contribution is 0.668. The highest BCUT2D eigenvalue weighted by Gasteiger charge is 2.17. The average molecular weight is 247 g/mol. The first-order valence-electron chi connectivity index (χ1n) is 5.32. The van der Waals surface area contributed by atoms with Crippen molar-refractivity contribution in [3.8, 4) is 0 Å². The largest absolute Gasteiger partial charge is 0.395 e. The average Bonchev–Trinajstić information content (AvgIpc) is 2.29. The van der Waals surface area contributed by atoms with Gasteiger partial charge in [-0.2, -0.15) is 0 Å². The third-order valence-electron chi connectivity index (χ3n) is 2.40. The molecule has 0 fully saturated rings. The van der Waals surface area contributed by atoms with E-state index >= 15 is 0 Å². The molecule has 2 N–H and O–H groups in total. The number of nitrogens with zero attached hydrogens (tertiary/aromatic N) is 1. The highest BCUT2D eigenvalue weighted by molar-refractivity contribution is 6.38. The van der Waals surface area contributed by atoms with Crippen LogP contribution in [0.4, 0.5) is 5.69 Å². The third kappa shape index (κ3) is 2.56. The summed E-state index contributed by atoms with van der Waals surface area (Å²) in [7, 11) is 0. The van der Waals surface area contributed by atoms with E-state index in [4.69, 9.17) is 28.9 Å². The molecule has 1 aromatic rings. The van der Waals surface area contributed by atoms with Gasteiger partial charge in [0, 0.05) is 5.69 Å². The van der Waals surface area contributed by atoms with Gasteiger partial charge in [-0.15, -0.1) is 0 Å². The van der Waals surface area contributed by atoms with Gasteiger partial charge in [0.25, 0.3) is 0 Å². The van der Waals surface area contributed by atoms with Crippen molar-refractivity contribution in [2.75, 3.05) is 5.73 Å². The number of anilines is 1. The summed E-state index contributed by atoms with van der Waals surface area (Å²) in [5.41, 5.74) is 8.22. The summed E-state index contributed by atoms with van der Waals surface area (Å²) in [6.07, 6.45) is 4.27. The van der Waals surface area contributed by atoms with Gasteiger partial charge in [-0.3, -0.25) is 0 Å². The molecule has 0 radical (unpaired) electrons. The van der Waals surface area contributed by atoms with Crippen LogP contribution in [0.15, 0.2) is 0 Å². The zero-order valence-electron chi connectivity index (χ0n) is 9.11. The number of halogens is 2. The van der Waals surface area contributed by atoms with Crippen LogP contribution in [-0.2, 0) is 12.8 Å². The maximum absolute atomic E-state index is 6.07. The Morgan fingerprint density at radius 2 is 1.73 bits per heavy atom. The van der Waals surface area contributed by atoms with E-state index in [0.717, 1.165) is 36.9 Å². The monoisotopic (exact) mass is 246 g/mol. The second-order valence-corrected chi connectivity index (χ2v) is 4.00. The Balaban J connectivity index is 0.000000531. The number of pyridine rings is 1. The summed E-state index contributed by atoms with van der Waals surface area (Å²) in [6.45, 7) is 4.00. The van der Waals surface area contributed by atoms with Gasteiger partial charge < -0.3 is 5.73 Å². The minimum atomic E-state index is 0.339. The van der Waals surface area contributed by atoms with E-state index in [1.807, 2.05) is 13.8 Å². The lowest BCUT2D eigenvalue weighted by Gasteiger charge is -2.17. The van der Waals surface area contributed by atoms with Gasteiger partial charge in [0.05, 0.1) is 10.7 Å². The fourth-order valence-corrected chi connectivity index (χ4v) is 2.22. The fourth-order valence-electron chi connectivity index (χ4n) is 1.68. The van der Waals surface area contributed by atoms with Gasteiger partial charge in [0.2, 0.25) is 0 Å². The van der Waals surface area contributed by atoms with Crippen LogP contribution in [0.25, 0.3) is 0 Å². The predicted molar refractivity (Wildman–Crippen MR) is 66.7 cm³/mol. The van der Waals surface area contributed by atoms with E-state index in [0.29, 0.717) is 15.9 Å². The van der Waals surface area contributed by atoms with Crippen LogP contribution in [0, 0.1) is 0 Å². The molecule has 84 valence electrons. The summed E-state index contributed by atoms with van der Waals surface area (Å²) < 4.78 is 0. The molecular weight excluding hydrogens is 231 g/mol. The lowest BCUT2D eigenvalue weighted by atomic mass is 9.96. The molecule has 0 saturated carbocycles. The Kier molecular flexibility index (Phi) is 4.68. The highest BCUT2D eigenvalue weighted by atomic mass is 35.5. The summed E-state index contributed by atoms with van der Waals surface area (Å²) in [6, 6.07) is 0. The minimum absolute atomic E-state index is 0.339. The number of nitrogen functional groups attached to an aromatic ring is 1. The first-order chi connectivity index (χ1) is 7.20. The second-order valence-electron chi connectivity index (χ2n) is 3.26. The zero-order valence-corrected chi connectivity index (χ0v) is 10.6. The molecule has 2 rings (SSSR count). The van der Waals surface area contributed by atoms with Crippen molar-refractivity contribution in [2.45, 2.75) is 39.5 Å². The first kappa shape index (κ1) is 12.6. The van der Waals surface area contributed by atoms with Gasteiger partial charge in [-0.05, 0) is 31.2 Å². The second kappa shape index (κ2) is 5.57. The maximum Gasteiger partial charge on any atom is 0.153 e. The number of aryl methyl sites for hydroxylation is 1. The van der Waals surface area contributed by atoms with Crippen molar-refractivity contribution in [2.24, 2.45) is 0 Å². The molecule has 1 aliphatic rings. The van der Waals surface area contributed by atoms with Crippen molar-refractivity contribution < 1.29 is 0 Å². The number of hydrogen-bond acceptors (Lipinski definition) is 2. The minimum Gasteiger partial charge on any atom is -0.395 e. The van der Waals surface area contributed by atoms with Gasteiger partial charge in [-0.25, -0.2) is 4.98 Å². The molecule has 0 aliphatic heterocycles.